The highest BCUT2D eigenvalue weighted by Gasteiger charge is 2.48. The first-order chi connectivity index (χ1) is 12.8. The van der Waals surface area contributed by atoms with Crippen molar-refractivity contribution in [1.82, 2.24) is 5.32 Å². The number of aliphatic hydroxyl groups is 2. The van der Waals surface area contributed by atoms with Crippen molar-refractivity contribution in [2.75, 3.05) is 6.61 Å². The topological polar surface area (TPSA) is 135 Å². The molecular formula is C18H25NO8. The molecule has 0 aromatic heterocycles. The summed E-state index contributed by atoms with van der Waals surface area (Å²) in [6.45, 7) is 2.21. The van der Waals surface area contributed by atoms with Crippen molar-refractivity contribution in [3.8, 4) is 0 Å². The Balaban J connectivity index is 2.21. The number of carboxylic acids is 1. The van der Waals surface area contributed by atoms with E-state index in [1.807, 2.05) is 30.3 Å². The molecule has 27 heavy (non-hydrogen) atoms. The van der Waals surface area contributed by atoms with Gasteiger partial charge in [0, 0.05) is 6.92 Å². The number of amides is 1. The van der Waals surface area contributed by atoms with Crippen LogP contribution in [0.15, 0.2) is 30.3 Å². The van der Waals surface area contributed by atoms with Gasteiger partial charge in [-0.05, 0) is 12.5 Å². The third-order valence-electron chi connectivity index (χ3n) is 4.19. The van der Waals surface area contributed by atoms with E-state index in [0.29, 0.717) is 0 Å². The van der Waals surface area contributed by atoms with Crippen LogP contribution in [0.1, 0.15) is 19.4 Å². The van der Waals surface area contributed by atoms with E-state index in [4.69, 9.17) is 19.3 Å². The molecular weight excluding hydrogens is 358 g/mol. The molecule has 1 aromatic carbocycles. The molecule has 1 heterocycles. The molecule has 1 aliphatic rings. The molecule has 9 heteroatoms. The van der Waals surface area contributed by atoms with Gasteiger partial charge < -0.3 is 34.8 Å². The predicted octanol–water partition coefficient (Wildman–Crippen LogP) is -0.356. The third-order valence-corrected chi connectivity index (χ3v) is 4.19. The minimum absolute atomic E-state index is 0.150. The Bertz CT molecular complexity index is 625. The van der Waals surface area contributed by atoms with E-state index in [1.54, 1.807) is 0 Å². The molecule has 0 aliphatic carbocycles. The number of carboxylic acid groups (broad SMARTS) is 1. The third kappa shape index (κ3) is 5.72. The molecule has 0 bridgehead atoms. The standard InChI is InChI=1S/C18H25NO8/c1-10(17(23)24)26-16-14(19-11(2)21)18(27-13(8-20)15(16)22)25-9-12-6-4-3-5-7-12/h3-7,10,13-16,18,20,22H,8-9H2,1-2H3,(H,19,21)(H,23,24)/t10?,13-,14-,15-,16-,18+/m1/s1. The molecule has 2 rings (SSSR count). The SMILES string of the molecule is CC(=O)N[C@H]1[C@@H](OCc2ccccc2)O[C@H](CO)[C@@H](O)[C@@H]1OC(C)C(=O)O. The molecule has 150 valence electrons. The van der Waals surface area contributed by atoms with Crippen molar-refractivity contribution in [2.45, 2.75) is 57.2 Å². The number of nitrogens with one attached hydrogen (secondary N) is 1. The summed E-state index contributed by atoms with van der Waals surface area (Å²) in [5.74, 6) is -1.65. The number of carbonyl (C=O) groups excluding carboxylic acids is 1. The van der Waals surface area contributed by atoms with Crippen LogP contribution in [-0.4, -0.2) is 70.6 Å². The second-order valence-electron chi connectivity index (χ2n) is 6.32. The first-order valence-electron chi connectivity index (χ1n) is 8.58. The normalized spacial score (nSPS) is 29.1. The van der Waals surface area contributed by atoms with Crippen LogP contribution in [0, 0.1) is 0 Å². The number of rotatable bonds is 8. The Hall–Kier alpha value is -2.04. The minimum atomic E-state index is -1.36. The van der Waals surface area contributed by atoms with Crippen molar-refractivity contribution in [3.05, 3.63) is 35.9 Å². The van der Waals surface area contributed by atoms with Gasteiger partial charge in [0.25, 0.3) is 0 Å². The summed E-state index contributed by atoms with van der Waals surface area (Å²) in [5, 5.41) is 31.6. The van der Waals surface area contributed by atoms with Crippen molar-refractivity contribution in [3.63, 3.8) is 0 Å². The van der Waals surface area contributed by atoms with Crippen LogP contribution in [0.4, 0.5) is 0 Å². The summed E-state index contributed by atoms with van der Waals surface area (Å²) in [6, 6.07) is 8.25. The second-order valence-corrected chi connectivity index (χ2v) is 6.32. The van der Waals surface area contributed by atoms with E-state index in [1.165, 1.54) is 13.8 Å². The summed E-state index contributed by atoms with van der Waals surface area (Å²) in [5.41, 5.74) is 0.853. The van der Waals surface area contributed by atoms with E-state index < -0.39 is 55.2 Å². The Morgan fingerprint density at radius 1 is 1.30 bits per heavy atom. The monoisotopic (exact) mass is 383 g/mol. The van der Waals surface area contributed by atoms with Gasteiger partial charge in [0.2, 0.25) is 5.91 Å². The van der Waals surface area contributed by atoms with Crippen LogP contribution in [0.25, 0.3) is 0 Å². The Morgan fingerprint density at radius 2 is 1.96 bits per heavy atom. The summed E-state index contributed by atoms with van der Waals surface area (Å²) >= 11 is 0. The summed E-state index contributed by atoms with van der Waals surface area (Å²) in [7, 11) is 0. The van der Waals surface area contributed by atoms with Crippen molar-refractivity contribution in [1.29, 1.82) is 0 Å². The molecule has 1 amide bonds. The van der Waals surface area contributed by atoms with Gasteiger partial charge in [0.15, 0.2) is 12.4 Å². The predicted molar refractivity (Wildman–Crippen MR) is 92.6 cm³/mol. The Kier molecular flexibility index (Phi) is 7.69. The number of benzene rings is 1. The fraction of sp³-hybridized carbons (Fsp3) is 0.556. The Labute approximate surface area is 156 Å². The van der Waals surface area contributed by atoms with Gasteiger partial charge >= 0.3 is 5.97 Å². The molecule has 9 nitrogen and oxygen atoms in total. The minimum Gasteiger partial charge on any atom is -0.479 e. The highest BCUT2D eigenvalue weighted by Crippen LogP contribution is 2.26. The van der Waals surface area contributed by atoms with Crippen molar-refractivity contribution < 1.29 is 39.1 Å². The maximum Gasteiger partial charge on any atom is 0.332 e. The van der Waals surface area contributed by atoms with Gasteiger partial charge in [-0.25, -0.2) is 4.79 Å². The van der Waals surface area contributed by atoms with Gasteiger partial charge in [0.1, 0.15) is 24.4 Å². The van der Waals surface area contributed by atoms with Crippen LogP contribution >= 0.6 is 0 Å². The number of aliphatic carboxylic acids is 1. The lowest BCUT2D eigenvalue weighted by Crippen LogP contribution is -2.66. The highest BCUT2D eigenvalue weighted by atomic mass is 16.7. The van der Waals surface area contributed by atoms with Crippen LogP contribution in [-0.2, 0) is 30.4 Å². The largest absolute Gasteiger partial charge is 0.479 e. The molecule has 0 spiro atoms. The molecule has 0 radical (unpaired) electrons. The zero-order valence-electron chi connectivity index (χ0n) is 15.1. The van der Waals surface area contributed by atoms with Crippen molar-refractivity contribution >= 4 is 11.9 Å². The molecule has 6 atom stereocenters. The summed E-state index contributed by atoms with van der Waals surface area (Å²) in [6.07, 6.45) is -5.85. The van der Waals surface area contributed by atoms with Crippen LogP contribution in [0.3, 0.4) is 0 Å². The van der Waals surface area contributed by atoms with Crippen LogP contribution < -0.4 is 5.32 Å². The number of hydrogen-bond acceptors (Lipinski definition) is 7. The number of hydrogen-bond donors (Lipinski definition) is 4. The number of aliphatic hydroxyl groups excluding tert-OH is 2. The molecule has 1 aliphatic heterocycles. The lowest BCUT2D eigenvalue weighted by atomic mass is 9.96. The highest BCUT2D eigenvalue weighted by molar-refractivity contribution is 5.73. The number of carbonyl (C=O) groups is 2. The lowest BCUT2D eigenvalue weighted by molar-refractivity contribution is -0.284. The van der Waals surface area contributed by atoms with Gasteiger partial charge in [-0.1, -0.05) is 30.3 Å². The van der Waals surface area contributed by atoms with Gasteiger partial charge in [-0.15, -0.1) is 0 Å². The fourth-order valence-electron chi connectivity index (χ4n) is 2.81. The van der Waals surface area contributed by atoms with Gasteiger partial charge in [-0.2, -0.15) is 0 Å². The van der Waals surface area contributed by atoms with Crippen LogP contribution in [0.5, 0.6) is 0 Å². The lowest BCUT2D eigenvalue weighted by Gasteiger charge is -2.44. The van der Waals surface area contributed by atoms with E-state index in [2.05, 4.69) is 5.32 Å². The smallest absolute Gasteiger partial charge is 0.332 e. The van der Waals surface area contributed by atoms with Crippen molar-refractivity contribution in [2.24, 2.45) is 0 Å². The maximum absolute atomic E-state index is 11.6. The zero-order valence-corrected chi connectivity index (χ0v) is 15.1. The molecule has 1 fully saturated rings. The average Bonchev–Trinajstić information content (AvgIpc) is 2.64. The molecule has 1 unspecified atom stereocenters. The van der Waals surface area contributed by atoms with E-state index in [9.17, 15) is 19.8 Å². The average molecular weight is 383 g/mol. The van der Waals surface area contributed by atoms with Gasteiger partial charge in [0.05, 0.1) is 13.2 Å². The second kappa shape index (κ2) is 9.77. The van der Waals surface area contributed by atoms with E-state index in [0.717, 1.165) is 5.56 Å². The molecule has 4 N–H and O–H groups in total. The van der Waals surface area contributed by atoms with Crippen LogP contribution in [0.2, 0.25) is 0 Å². The molecule has 0 saturated carbocycles. The number of ether oxygens (including phenoxy) is 3. The first kappa shape index (κ1) is 21.3. The van der Waals surface area contributed by atoms with E-state index in [-0.39, 0.29) is 6.61 Å². The summed E-state index contributed by atoms with van der Waals surface area (Å²) < 4.78 is 16.8. The zero-order chi connectivity index (χ0) is 20.0. The first-order valence-corrected chi connectivity index (χ1v) is 8.58. The van der Waals surface area contributed by atoms with Gasteiger partial charge in [-0.3, -0.25) is 4.79 Å². The maximum atomic E-state index is 11.6. The summed E-state index contributed by atoms with van der Waals surface area (Å²) in [4.78, 5) is 22.8. The van der Waals surface area contributed by atoms with E-state index >= 15 is 0 Å². The molecule has 1 saturated heterocycles. The quantitative estimate of drug-likeness (QED) is 0.478. The fourth-order valence-corrected chi connectivity index (χ4v) is 2.81. The Morgan fingerprint density at radius 3 is 2.52 bits per heavy atom. The molecule has 1 aromatic rings.